The second-order valence-electron chi connectivity index (χ2n) is 5.07. The van der Waals surface area contributed by atoms with Crippen LogP contribution in [0.1, 0.15) is 44.1 Å². The van der Waals surface area contributed by atoms with Crippen molar-refractivity contribution in [3.05, 3.63) is 29.8 Å². The number of esters is 1. The van der Waals surface area contributed by atoms with Gasteiger partial charge in [0, 0.05) is 18.5 Å². The van der Waals surface area contributed by atoms with E-state index < -0.39 is 0 Å². The van der Waals surface area contributed by atoms with Crippen LogP contribution in [0.25, 0.3) is 0 Å². The zero-order valence-electron chi connectivity index (χ0n) is 12.9. The molecule has 0 saturated heterocycles. The smallest absolute Gasteiger partial charge is 0.305 e. The number of amides is 1. The minimum absolute atomic E-state index is 0.0130. The SMILES string of the molecule is COC(=O)CCCCCCC(=O)Nc1ccc(CC#N)cc1. The quantitative estimate of drug-likeness (QED) is 0.561. The first kappa shape index (κ1) is 17.7. The van der Waals surface area contributed by atoms with Gasteiger partial charge < -0.3 is 10.1 Å². The standard InChI is InChI=1S/C17H22N2O3/c1-22-17(21)7-5-3-2-4-6-16(20)19-15-10-8-14(9-11-15)12-13-18/h8-11H,2-7,12H2,1H3,(H,19,20). The second-order valence-corrected chi connectivity index (χ2v) is 5.07. The summed E-state index contributed by atoms with van der Waals surface area (Å²) < 4.78 is 4.56. The molecule has 0 aliphatic carbocycles. The van der Waals surface area contributed by atoms with E-state index in [-0.39, 0.29) is 11.9 Å². The summed E-state index contributed by atoms with van der Waals surface area (Å²) in [4.78, 5) is 22.7. The van der Waals surface area contributed by atoms with Crippen LogP contribution >= 0.6 is 0 Å². The van der Waals surface area contributed by atoms with E-state index in [1.54, 1.807) is 12.1 Å². The molecule has 0 fully saturated rings. The van der Waals surface area contributed by atoms with Crippen molar-refractivity contribution in [1.82, 2.24) is 0 Å². The van der Waals surface area contributed by atoms with Gasteiger partial charge in [-0.15, -0.1) is 0 Å². The van der Waals surface area contributed by atoms with Crippen LogP contribution in [0.5, 0.6) is 0 Å². The maximum absolute atomic E-state index is 11.8. The highest BCUT2D eigenvalue weighted by atomic mass is 16.5. The lowest BCUT2D eigenvalue weighted by atomic mass is 10.1. The zero-order valence-corrected chi connectivity index (χ0v) is 12.9. The fourth-order valence-corrected chi connectivity index (χ4v) is 2.03. The fourth-order valence-electron chi connectivity index (χ4n) is 2.03. The molecule has 0 aliphatic rings. The van der Waals surface area contributed by atoms with E-state index >= 15 is 0 Å². The maximum Gasteiger partial charge on any atom is 0.305 e. The lowest BCUT2D eigenvalue weighted by molar-refractivity contribution is -0.140. The van der Waals surface area contributed by atoms with Gasteiger partial charge in [-0.25, -0.2) is 0 Å². The summed E-state index contributed by atoms with van der Waals surface area (Å²) in [6.07, 6.45) is 4.74. The Morgan fingerprint density at radius 1 is 1.09 bits per heavy atom. The number of hydrogen-bond donors (Lipinski definition) is 1. The summed E-state index contributed by atoms with van der Waals surface area (Å²) in [7, 11) is 1.39. The molecule has 0 aromatic heterocycles. The first-order valence-electron chi connectivity index (χ1n) is 7.48. The number of hydrogen-bond acceptors (Lipinski definition) is 4. The molecule has 1 aromatic rings. The Bertz CT molecular complexity index is 518. The van der Waals surface area contributed by atoms with E-state index in [4.69, 9.17) is 5.26 Å². The summed E-state index contributed by atoms with van der Waals surface area (Å²) in [6.45, 7) is 0. The molecule has 0 spiro atoms. The largest absolute Gasteiger partial charge is 0.469 e. The lowest BCUT2D eigenvalue weighted by Crippen LogP contribution is -2.11. The summed E-state index contributed by atoms with van der Waals surface area (Å²) in [5, 5.41) is 11.4. The molecule has 1 aromatic carbocycles. The Morgan fingerprint density at radius 3 is 2.32 bits per heavy atom. The predicted molar refractivity (Wildman–Crippen MR) is 84.1 cm³/mol. The summed E-state index contributed by atoms with van der Waals surface area (Å²) in [5.74, 6) is -0.196. The lowest BCUT2D eigenvalue weighted by Gasteiger charge is -2.06. The van der Waals surface area contributed by atoms with Crippen molar-refractivity contribution in [2.24, 2.45) is 0 Å². The first-order valence-corrected chi connectivity index (χ1v) is 7.48. The van der Waals surface area contributed by atoms with Crippen LogP contribution in [0, 0.1) is 11.3 Å². The number of anilines is 1. The molecule has 0 unspecified atom stereocenters. The van der Waals surface area contributed by atoms with Crippen LogP contribution < -0.4 is 5.32 Å². The van der Waals surface area contributed by atoms with Gasteiger partial charge >= 0.3 is 5.97 Å². The average molecular weight is 302 g/mol. The van der Waals surface area contributed by atoms with Crippen LogP contribution in [0.4, 0.5) is 5.69 Å². The molecule has 0 heterocycles. The molecule has 1 N–H and O–H groups in total. The molecule has 22 heavy (non-hydrogen) atoms. The van der Waals surface area contributed by atoms with Crippen molar-refractivity contribution in [2.75, 3.05) is 12.4 Å². The number of nitrogens with one attached hydrogen (secondary N) is 1. The van der Waals surface area contributed by atoms with E-state index in [1.165, 1.54) is 7.11 Å². The van der Waals surface area contributed by atoms with Gasteiger partial charge in [0.15, 0.2) is 0 Å². The normalized spacial score (nSPS) is 9.82. The van der Waals surface area contributed by atoms with Gasteiger partial charge in [-0.05, 0) is 30.5 Å². The van der Waals surface area contributed by atoms with Crippen LogP contribution in [0.2, 0.25) is 0 Å². The van der Waals surface area contributed by atoms with Crippen LogP contribution in [0.3, 0.4) is 0 Å². The van der Waals surface area contributed by atoms with Crippen molar-refractivity contribution in [3.63, 3.8) is 0 Å². The van der Waals surface area contributed by atoms with E-state index in [2.05, 4.69) is 16.1 Å². The summed E-state index contributed by atoms with van der Waals surface area (Å²) >= 11 is 0. The van der Waals surface area contributed by atoms with Crippen molar-refractivity contribution in [2.45, 2.75) is 44.9 Å². The Labute approximate surface area is 131 Å². The fraction of sp³-hybridized carbons (Fsp3) is 0.471. The third-order valence-electron chi connectivity index (χ3n) is 3.28. The third kappa shape index (κ3) is 7.44. The predicted octanol–water partition coefficient (Wildman–Crippen LogP) is 3.20. The molecule has 5 heteroatoms. The number of rotatable bonds is 9. The molecule has 5 nitrogen and oxygen atoms in total. The molecular weight excluding hydrogens is 280 g/mol. The van der Waals surface area contributed by atoms with E-state index in [0.717, 1.165) is 36.9 Å². The van der Waals surface area contributed by atoms with Crippen LogP contribution in [0.15, 0.2) is 24.3 Å². The Morgan fingerprint density at radius 2 is 1.73 bits per heavy atom. The van der Waals surface area contributed by atoms with Crippen LogP contribution in [-0.4, -0.2) is 19.0 Å². The number of unbranched alkanes of at least 4 members (excludes halogenated alkanes) is 3. The highest BCUT2D eigenvalue weighted by molar-refractivity contribution is 5.90. The minimum atomic E-state index is -0.183. The van der Waals surface area contributed by atoms with Gasteiger partial charge in [-0.1, -0.05) is 25.0 Å². The molecule has 1 amide bonds. The number of nitriles is 1. The molecule has 1 rings (SSSR count). The number of nitrogens with zero attached hydrogens (tertiary/aromatic N) is 1. The van der Waals surface area contributed by atoms with Crippen molar-refractivity contribution >= 4 is 17.6 Å². The Balaban J connectivity index is 2.15. The molecule has 0 radical (unpaired) electrons. The second kappa shape index (κ2) is 10.4. The van der Waals surface area contributed by atoms with Crippen molar-refractivity contribution in [3.8, 4) is 6.07 Å². The van der Waals surface area contributed by atoms with E-state index in [1.807, 2.05) is 12.1 Å². The summed E-state index contributed by atoms with van der Waals surface area (Å²) in [6, 6.07) is 9.37. The van der Waals surface area contributed by atoms with E-state index in [9.17, 15) is 9.59 Å². The van der Waals surface area contributed by atoms with Gasteiger partial charge in [0.05, 0.1) is 19.6 Å². The minimum Gasteiger partial charge on any atom is -0.469 e. The van der Waals surface area contributed by atoms with Gasteiger partial charge in [-0.3, -0.25) is 9.59 Å². The monoisotopic (exact) mass is 302 g/mol. The molecular formula is C17H22N2O3. The molecule has 0 aliphatic heterocycles. The van der Waals surface area contributed by atoms with E-state index in [0.29, 0.717) is 19.3 Å². The highest BCUT2D eigenvalue weighted by Gasteiger charge is 2.03. The number of carbonyl (C=O) groups excluding carboxylic acids is 2. The molecule has 0 atom stereocenters. The molecule has 0 bridgehead atoms. The maximum atomic E-state index is 11.8. The van der Waals surface area contributed by atoms with Crippen molar-refractivity contribution in [1.29, 1.82) is 5.26 Å². The third-order valence-corrected chi connectivity index (χ3v) is 3.28. The van der Waals surface area contributed by atoms with Crippen molar-refractivity contribution < 1.29 is 14.3 Å². The van der Waals surface area contributed by atoms with Gasteiger partial charge in [0.2, 0.25) is 5.91 Å². The van der Waals surface area contributed by atoms with Gasteiger partial charge in [0.25, 0.3) is 0 Å². The number of benzene rings is 1. The first-order chi connectivity index (χ1) is 10.7. The molecule has 118 valence electrons. The topological polar surface area (TPSA) is 79.2 Å². The highest BCUT2D eigenvalue weighted by Crippen LogP contribution is 2.12. The number of ether oxygens (including phenoxy) is 1. The molecule has 0 saturated carbocycles. The summed E-state index contributed by atoms with van der Waals surface area (Å²) in [5.41, 5.74) is 1.68. The average Bonchev–Trinajstić information content (AvgIpc) is 2.52. The number of methoxy groups -OCH3 is 1. The van der Waals surface area contributed by atoms with Gasteiger partial charge in [-0.2, -0.15) is 5.26 Å². The zero-order chi connectivity index (χ0) is 16.2. The number of carbonyl (C=O) groups is 2. The Kier molecular flexibility index (Phi) is 8.36. The van der Waals surface area contributed by atoms with Gasteiger partial charge in [0.1, 0.15) is 0 Å². The Hall–Kier alpha value is -2.35. The van der Waals surface area contributed by atoms with Crippen LogP contribution in [-0.2, 0) is 20.7 Å².